The van der Waals surface area contributed by atoms with E-state index in [2.05, 4.69) is 59.4 Å². The minimum absolute atomic E-state index is 0.112. The molecule has 1 N–H and O–H groups in total. The molecule has 0 radical (unpaired) electrons. The zero-order valence-electron chi connectivity index (χ0n) is 11.5. The normalized spacial score (nSPS) is 30.3. The molecule has 2 aliphatic heterocycles. The Morgan fingerprint density at radius 1 is 1.42 bits per heavy atom. The Labute approximate surface area is 113 Å². The van der Waals surface area contributed by atoms with Crippen LogP contribution in [0.2, 0.25) is 0 Å². The van der Waals surface area contributed by atoms with Crippen molar-refractivity contribution in [3.63, 3.8) is 0 Å². The molecule has 0 spiro atoms. The lowest BCUT2D eigenvalue weighted by Gasteiger charge is -2.39. The van der Waals surface area contributed by atoms with Gasteiger partial charge in [0.1, 0.15) is 0 Å². The minimum atomic E-state index is 0.112. The first-order valence-electron chi connectivity index (χ1n) is 7.06. The summed E-state index contributed by atoms with van der Waals surface area (Å²) in [6.45, 7) is 2.09. The SMILES string of the molecule is Cc1[nH]nc2ccc(C34C=CCC(CC3)N4C)cc12. The van der Waals surface area contributed by atoms with E-state index in [1.807, 2.05) is 0 Å². The number of hydrogen-bond acceptors (Lipinski definition) is 2. The molecule has 0 amide bonds. The first-order valence-corrected chi connectivity index (χ1v) is 7.06. The van der Waals surface area contributed by atoms with Crippen LogP contribution in [0, 0.1) is 6.92 Å². The fourth-order valence-electron chi connectivity index (χ4n) is 3.83. The van der Waals surface area contributed by atoms with Crippen LogP contribution >= 0.6 is 0 Å². The summed E-state index contributed by atoms with van der Waals surface area (Å²) in [5.74, 6) is 0. The van der Waals surface area contributed by atoms with Crippen LogP contribution in [-0.4, -0.2) is 28.2 Å². The Balaban J connectivity index is 1.91. The Morgan fingerprint density at radius 2 is 2.32 bits per heavy atom. The van der Waals surface area contributed by atoms with Crippen LogP contribution in [0.5, 0.6) is 0 Å². The van der Waals surface area contributed by atoms with E-state index in [9.17, 15) is 0 Å². The molecule has 2 unspecified atom stereocenters. The maximum absolute atomic E-state index is 4.33. The number of H-pyrrole nitrogens is 1. The predicted octanol–water partition coefficient (Wildman–Crippen LogP) is 3.12. The third-order valence-electron chi connectivity index (χ3n) is 5.08. The molecule has 2 atom stereocenters. The quantitative estimate of drug-likeness (QED) is 0.792. The van der Waals surface area contributed by atoms with E-state index < -0.39 is 0 Å². The van der Waals surface area contributed by atoms with Gasteiger partial charge in [-0.25, -0.2) is 0 Å². The zero-order valence-corrected chi connectivity index (χ0v) is 11.5. The Morgan fingerprint density at radius 3 is 3.21 bits per heavy atom. The Kier molecular flexibility index (Phi) is 2.19. The molecule has 1 saturated heterocycles. The topological polar surface area (TPSA) is 31.9 Å². The standard InChI is InChI=1S/C16H19N3/c1-11-14-10-12(5-6-15(14)18-17-11)16-8-3-4-13(7-9-16)19(16)2/h3,5-6,8,10,13H,4,7,9H2,1-2H3,(H,17,18). The highest BCUT2D eigenvalue weighted by molar-refractivity contribution is 5.82. The van der Waals surface area contributed by atoms with Crippen molar-refractivity contribution in [2.45, 2.75) is 37.8 Å². The summed E-state index contributed by atoms with van der Waals surface area (Å²) in [6.07, 6.45) is 8.50. The van der Waals surface area contributed by atoms with E-state index in [1.54, 1.807) is 0 Å². The van der Waals surface area contributed by atoms with Gasteiger partial charge in [-0.05, 0) is 50.9 Å². The van der Waals surface area contributed by atoms with E-state index in [-0.39, 0.29) is 5.54 Å². The maximum Gasteiger partial charge on any atom is 0.0923 e. The van der Waals surface area contributed by atoms with Gasteiger partial charge in [0, 0.05) is 17.1 Å². The van der Waals surface area contributed by atoms with E-state index in [0.717, 1.165) is 11.2 Å². The fourth-order valence-corrected chi connectivity index (χ4v) is 3.83. The van der Waals surface area contributed by atoms with Crippen molar-refractivity contribution >= 4 is 10.9 Å². The summed E-state index contributed by atoms with van der Waals surface area (Å²) in [4.78, 5) is 2.56. The van der Waals surface area contributed by atoms with Gasteiger partial charge in [-0.3, -0.25) is 10.00 Å². The number of aromatic nitrogens is 2. The molecule has 2 aromatic rings. The second-order valence-electron chi connectivity index (χ2n) is 5.95. The molecule has 1 aromatic carbocycles. The number of aromatic amines is 1. The van der Waals surface area contributed by atoms with Crippen LogP contribution in [0.1, 0.15) is 30.5 Å². The molecular formula is C16H19N3. The van der Waals surface area contributed by atoms with Crippen molar-refractivity contribution in [2.75, 3.05) is 7.05 Å². The average molecular weight is 253 g/mol. The molecule has 1 fully saturated rings. The molecule has 3 nitrogen and oxygen atoms in total. The molecular weight excluding hydrogens is 234 g/mol. The van der Waals surface area contributed by atoms with Gasteiger partial charge in [0.2, 0.25) is 0 Å². The van der Waals surface area contributed by atoms with Crippen molar-refractivity contribution in [1.82, 2.24) is 15.1 Å². The van der Waals surface area contributed by atoms with E-state index in [0.29, 0.717) is 6.04 Å². The van der Waals surface area contributed by atoms with Gasteiger partial charge in [-0.15, -0.1) is 0 Å². The number of hydrogen-bond donors (Lipinski definition) is 1. The van der Waals surface area contributed by atoms with Crippen LogP contribution in [-0.2, 0) is 5.54 Å². The highest BCUT2D eigenvalue weighted by Gasteiger charge is 2.45. The summed E-state index contributed by atoms with van der Waals surface area (Å²) >= 11 is 0. The van der Waals surface area contributed by atoms with Gasteiger partial charge in [0.15, 0.2) is 0 Å². The number of nitrogens with one attached hydrogen (secondary N) is 1. The van der Waals surface area contributed by atoms with Crippen molar-refractivity contribution in [3.8, 4) is 0 Å². The lowest BCUT2D eigenvalue weighted by atomic mass is 9.85. The lowest BCUT2D eigenvalue weighted by Crippen LogP contribution is -2.42. The summed E-state index contributed by atoms with van der Waals surface area (Å²) in [6, 6.07) is 7.43. The molecule has 3 heterocycles. The summed E-state index contributed by atoms with van der Waals surface area (Å²) in [7, 11) is 2.27. The van der Waals surface area contributed by atoms with Crippen molar-refractivity contribution in [1.29, 1.82) is 0 Å². The monoisotopic (exact) mass is 253 g/mol. The number of likely N-dealkylation sites (N-methyl/N-ethyl adjacent to an activating group) is 1. The van der Waals surface area contributed by atoms with Gasteiger partial charge < -0.3 is 0 Å². The predicted molar refractivity (Wildman–Crippen MR) is 77.1 cm³/mol. The largest absolute Gasteiger partial charge is 0.290 e. The smallest absolute Gasteiger partial charge is 0.0923 e. The van der Waals surface area contributed by atoms with Crippen LogP contribution in [0.25, 0.3) is 10.9 Å². The summed E-state index contributed by atoms with van der Waals surface area (Å²) in [5, 5.41) is 8.66. The van der Waals surface area contributed by atoms with Gasteiger partial charge >= 0.3 is 0 Å². The van der Waals surface area contributed by atoms with E-state index >= 15 is 0 Å². The first kappa shape index (κ1) is 11.2. The molecule has 4 rings (SSSR count). The molecule has 1 aromatic heterocycles. The molecule has 0 aliphatic carbocycles. The molecule has 0 saturated carbocycles. The van der Waals surface area contributed by atoms with Crippen molar-refractivity contribution < 1.29 is 0 Å². The van der Waals surface area contributed by atoms with Gasteiger partial charge in [-0.1, -0.05) is 18.2 Å². The fraction of sp³-hybridized carbons (Fsp3) is 0.438. The second kappa shape index (κ2) is 3.70. The van der Waals surface area contributed by atoms with E-state index in [1.165, 1.54) is 30.2 Å². The first-order chi connectivity index (χ1) is 9.21. The molecule has 2 aliphatic rings. The molecule has 98 valence electrons. The minimum Gasteiger partial charge on any atom is -0.290 e. The third-order valence-corrected chi connectivity index (χ3v) is 5.08. The third kappa shape index (κ3) is 1.39. The second-order valence-corrected chi connectivity index (χ2v) is 5.95. The van der Waals surface area contributed by atoms with E-state index in [4.69, 9.17) is 0 Å². The number of fused-ring (bicyclic) bond motifs is 3. The van der Waals surface area contributed by atoms with Gasteiger partial charge in [0.05, 0.1) is 11.1 Å². The maximum atomic E-state index is 4.33. The Bertz CT molecular complexity index is 670. The van der Waals surface area contributed by atoms with Crippen molar-refractivity contribution in [3.05, 3.63) is 41.6 Å². The number of rotatable bonds is 1. The molecule has 2 bridgehead atoms. The number of nitrogens with zero attached hydrogens (tertiary/aromatic N) is 2. The Hall–Kier alpha value is -1.61. The van der Waals surface area contributed by atoms with Crippen LogP contribution in [0.3, 0.4) is 0 Å². The number of benzene rings is 1. The van der Waals surface area contributed by atoms with Crippen LogP contribution in [0.15, 0.2) is 30.4 Å². The molecule has 3 heteroatoms. The van der Waals surface area contributed by atoms with Crippen LogP contribution < -0.4 is 0 Å². The van der Waals surface area contributed by atoms with Gasteiger partial charge in [0.25, 0.3) is 0 Å². The van der Waals surface area contributed by atoms with Crippen molar-refractivity contribution in [2.24, 2.45) is 0 Å². The highest BCUT2D eigenvalue weighted by Crippen LogP contribution is 2.46. The summed E-state index contributed by atoms with van der Waals surface area (Å²) in [5.41, 5.74) is 3.74. The summed E-state index contributed by atoms with van der Waals surface area (Å²) < 4.78 is 0. The molecule has 19 heavy (non-hydrogen) atoms. The van der Waals surface area contributed by atoms with Gasteiger partial charge in [-0.2, -0.15) is 5.10 Å². The zero-order chi connectivity index (χ0) is 13.0. The van der Waals surface area contributed by atoms with Crippen LogP contribution in [0.4, 0.5) is 0 Å². The number of aryl methyl sites for hydroxylation is 1. The highest BCUT2D eigenvalue weighted by atomic mass is 15.2. The average Bonchev–Trinajstić information content (AvgIpc) is 2.85. The lowest BCUT2D eigenvalue weighted by molar-refractivity contribution is 0.168.